The van der Waals surface area contributed by atoms with Gasteiger partial charge in [-0.15, -0.1) is 0 Å². The fraction of sp³-hybridized carbons (Fsp3) is 0.350. The van der Waals surface area contributed by atoms with Crippen LogP contribution in [0, 0.1) is 0 Å². The zero-order valence-corrected chi connectivity index (χ0v) is 14.5. The molecule has 24 heavy (non-hydrogen) atoms. The van der Waals surface area contributed by atoms with Gasteiger partial charge in [-0.3, -0.25) is 4.79 Å². The predicted molar refractivity (Wildman–Crippen MR) is 95.6 cm³/mol. The first-order chi connectivity index (χ1) is 11.6. The highest BCUT2D eigenvalue weighted by Gasteiger charge is 2.14. The van der Waals surface area contributed by atoms with E-state index in [2.05, 4.69) is 25.2 Å². The fourth-order valence-corrected chi connectivity index (χ4v) is 2.21. The van der Waals surface area contributed by atoms with E-state index in [4.69, 9.17) is 9.47 Å². The fourth-order valence-electron chi connectivity index (χ4n) is 2.21. The van der Waals surface area contributed by atoms with Gasteiger partial charge >= 0.3 is 0 Å². The van der Waals surface area contributed by atoms with Gasteiger partial charge in [0.2, 0.25) is 0 Å². The summed E-state index contributed by atoms with van der Waals surface area (Å²) in [4.78, 5) is 12.1. The van der Waals surface area contributed by atoms with Crippen molar-refractivity contribution in [1.82, 2.24) is 5.32 Å². The second-order valence-corrected chi connectivity index (χ2v) is 5.94. The quantitative estimate of drug-likeness (QED) is 0.751. The highest BCUT2D eigenvalue weighted by molar-refractivity contribution is 5.80. The minimum Gasteiger partial charge on any atom is -0.492 e. The standard InChI is InChI=1S/C20H25NO3/c1-15(2)17-8-7-11-19(14-17)24-16(3)20(22)21-12-13-23-18-9-5-4-6-10-18/h4-11,14-16H,12-13H2,1-3H3,(H,21,22). The number of benzene rings is 2. The lowest BCUT2D eigenvalue weighted by molar-refractivity contribution is -0.127. The van der Waals surface area contributed by atoms with E-state index >= 15 is 0 Å². The number of nitrogens with one attached hydrogen (secondary N) is 1. The van der Waals surface area contributed by atoms with Gasteiger partial charge in [0.05, 0.1) is 6.54 Å². The molecule has 2 aromatic carbocycles. The Bertz CT molecular complexity index is 640. The van der Waals surface area contributed by atoms with E-state index in [-0.39, 0.29) is 5.91 Å². The third-order valence-electron chi connectivity index (χ3n) is 3.62. The summed E-state index contributed by atoms with van der Waals surface area (Å²) >= 11 is 0. The number of hydrogen-bond acceptors (Lipinski definition) is 3. The van der Waals surface area contributed by atoms with Crippen molar-refractivity contribution in [3.8, 4) is 11.5 Å². The number of hydrogen-bond donors (Lipinski definition) is 1. The van der Waals surface area contributed by atoms with Crippen LogP contribution in [0.1, 0.15) is 32.3 Å². The molecule has 0 radical (unpaired) electrons. The summed E-state index contributed by atoms with van der Waals surface area (Å²) in [6.07, 6.45) is -0.552. The monoisotopic (exact) mass is 327 g/mol. The molecule has 1 atom stereocenters. The first-order valence-electron chi connectivity index (χ1n) is 8.28. The molecule has 1 N–H and O–H groups in total. The van der Waals surface area contributed by atoms with Crippen LogP contribution in [-0.2, 0) is 4.79 Å². The van der Waals surface area contributed by atoms with Gasteiger partial charge in [-0.1, -0.05) is 44.2 Å². The number of ether oxygens (including phenoxy) is 2. The molecule has 0 bridgehead atoms. The molecule has 0 spiro atoms. The SMILES string of the molecule is CC(Oc1cccc(C(C)C)c1)C(=O)NCCOc1ccccc1. The highest BCUT2D eigenvalue weighted by Crippen LogP contribution is 2.20. The van der Waals surface area contributed by atoms with Gasteiger partial charge < -0.3 is 14.8 Å². The van der Waals surface area contributed by atoms with Gasteiger partial charge in [0, 0.05) is 0 Å². The molecule has 1 amide bonds. The minimum absolute atomic E-state index is 0.151. The minimum atomic E-state index is -0.552. The van der Waals surface area contributed by atoms with Crippen LogP contribution in [0.25, 0.3) is 0 Å². The highest BCUT2D eigenvalue weighted by atomic mass is 16.5. The predicted octanol–water partition coefficient (Wildman–Crippen LogP) is 3.77. The molecule has 0 aliphatic carbocycles. The van der Waals surface area contributed by atoms with E-state index in [0.29, 0.717) is 24.8 Å². The van der Waals surface area contributed by atoms with E-state index in [9.17, 15) is 4.79 Å². The van der Waals surface area contributed by atoms with Gasteiger partial charge in [0.1, 0.15) is 18.1 Å². The molecule has 2 rings (SSSR count). The third-order valence-corrected chi connectivity index (χ3v) is 3.62. The number of rotatable bonds is 8. The zero-order valence-electron chi connectivity index (χ0n) is 14.5. The molecule has 0 aromatic heterocycles. The van der Waals surface area contributed by atoms with Gasteiger partial charge in [-0.25, -0.2) is 0 Å². The molecular weight excluding hydrogens is 302 g/mol. The molecule has 1 unspecified atom stereocenters. The van der Waals surface area contributed by atoms with Crippen molar-refractivity contribution in [2.24, 2.45) is 0 Å². The summed E-state index contributed by atoms with van der Waals surface area (Å²) < 4.78 is 11.3. The van der Waals surface area contributed by atoms with Gasteiger partial charge in [0.25, 0.3) is 5.91 Å². The van der Waals surface area contributed by atoms with Crippen LogP contribution < -0.4 is 14.8 Å². The van der Waals surface area contributed by atoms with Crippen molar-refractivity contribution in [1.29, 1.82) is 0 Å². The summed E-state index contributed by atoms with van der Waals surface area (Å²) in [5.41, 5.74) is 1.19. The van der Waals surface area contributed by atoms with Crippen LogP contribution >= 0.6 is 0 Å². The molecular formula is C20H25NO3. The molecule has 0 saturated carbocycles. The number of carbonyl (C=O) groups is 1. The van der Waals surface area contributed by atoms with Crippen molar-refractivity contribution in [2.45, 2.75) is 32.8 Å². The van der Waals surface area contributed by atoms with E-state index in [1.165, 1.54) is 5.56 Å². The lowest BCUT2D eigenvalue weighted by Gasteiger charge is -2.16. The Hall–Kier alpha value is -2.49. The Labute approximate surface area is 143 Å². The molecule has 4 nitrogen and oxygen atoms in total. The Morgan fingerprint density at radius 3 is 2.42 bits per heavy atom. The Morgan fingerprint density at radius 2 is 1.71 bits per heavy atom. The first kappa shape index (κ1) is 17.9. The molecule has 0 aliphatic heterocycles. The van der Waals surface area contributed by atoms with E-state index in [1.807, 2.05) is 48.5 Å². The largest absolute Gasteiger partial charge is 0.492 e. The van der Waals surface area contributed by atoms with Crippen molar-refractivity contribution in [3.63, 3.8) is 0 Å². The van der Waals surface area contributed by atoms with Crippen LogP contribution in [0.3, 0.4) is 0 Å². The molecule has 0 aliphatic rings. The van der Waals surface area contributed by atoms with Crippen molar-refractivity contribution in [3.05, 3.63) is 60.2 Å². The van der Waals surface area contributed by atoms with Crippen molar-refractivity contribution < 1.29 is 14.3 Å². The number of carbonyl (C=O) groups excluding carboxylic acids is 1. The second kappa shape index (κ2) is 8.96. The lowest BCUT2D eigenvalue weighted by atomic mass is 10.0. The molecule has 4 heteroatoms. The van der Waals surface area contributed by atoms with Gasteiger partial charge in [-0.05, 0) is 42.7 Å². The Morgan fingerprint density at radius 1 is 1.00 bits per heavy atom. The molecule has 0 saturated heterocycles. The molecule has 0 fully saturated rings. The third kappa shape index (κ3) is 5.61. The average Bonchev–Trinajstić information content (AvgIpc) is 2.59. The maximum Gasteiger partial charge on any atom is 0.260 e. The van der Waals surface area contributed by atoms with Crippen LogP contribution in [0.15, 0.2) is 54.6 Å². The first-order valence-corrected chi connectivity index (χ1v) is 8.28. The van der Waals surface area contributed by atoms with E-state index < -0.39 is 6.10 Å². The summed E-state index contributed by atoms with van der Waals surface area (Å²) in [6.45, 7) is 6.86. The molecule has 128 valence electrons. The maximum atomic E-state index is 12.1. The normalized spacial score (nSPS) is 11.8. The van der Waals surface area contributed by atoms with Crippen LogP contribution in [0.5, 0.6) is 11.5 Å². The van der Waals surface area contributed by atoms with Crippen LogP contribution in [-0.4, -0.2) is 25.2 Å². The van der Waals surface area contributed by atoms with Crippen LogP contribution in [0.4, 0.5) is 0 Å². The maximum absolute atomic E-state index is 12.1. The second-order valence-electron chi connectivity index (χ2n) is 5.94. The van der Waals surface area contributed by atoms with Crippen molar-refractivity contribution in [2.75, 3.05) is 13.2 Å². The number of amides is 1. The Kier molecular flexibility index (Phi) is 6.67. The van der Waals surface area contributed by atoms with Gasteiger partial charge in [-0.2, -0.15) is 0 Å². The van der Waals surface area contributed by atoms with E-state index in [1.54, 1.807) is 6.92 Å². The average molecular weight is 327 g/mol. The van der Waals surface area contributed by atoms with Crippen molar-refractivity contribution >= 4 is 5.91 Å². The number of para-hydroxylation sites is 1. The van der Waals surface area contributed by atoms with E-state index in [0.717, 1.165) is 5.75 Å². The molecule has 2 aromatic rings. The summed E-state index contributed by atoms with van der Waals surface area (Å²) in [7, 11) is 0. The molecule has 0 heterocycles. The van der Waals surface area contributed by atoms with Crippen LogP contribution in [0.2, 0.25) is 0 Å². The summed E-state index contributed by atoms with van der Waals surface area (Å²) in [6, 6.07) is 17.4. The van der Waals surface area contributed by atoms with Gasteiger partial charge in [0.15, 0.2) is 6.10 Å². The summed E-state index contributed by atoms with van der Waals surface area (Å²) in [5.74, 6) is 1.78. The summed E-state index contributed by atoms with van der Waals surface area (Å²) in [5, 5.41) is 2.82. The lowest BCUT2D eigenvalue weighted by Crippen LogP contribution is -2.38. The topological polar surface area (TPSA) is 47.6 Å². The zero-order chi connectivity index (χ0) is 17.4. The smallest absolute Gasteiger partial charge is 0.260 e. The Balaban J connectivity index is 1.75.